The Kier molecular flexibility index (Phi) is 10.6. The van der Waals surface area contributed by atoms with E-state index in [1.807, 2.05) is 4.52 Å². The minimum absolute atomic E-state index is 0. The molecule has 2 aromatic heterocycles. The van der Waals surface area contributed by atoms with Gasteiger partial charge in [0.2, 0.25) is 0 Å². The molecule has 10 heteroatoms. The molecule has 2 aliphatic rings. The molecule has 3 N–H and O–H groups in total. The Morgan fingerprint density at radius 1 is 1.10 bits per heavy atom. The van der Waals surface area contributed by atoms with Gasteiger partial charge in [0.1, 0.15) is 11.6 Å². The summed E-state index contributed by atoms with van der Waals surface area (Å²) in [7, 11) is 0. The van der Waals surface area contributed by atoms with Crippen LogP contribution in [0.4, 0.5) is 11.6 Å². The Morgan fingerprint density at radius 3 is 2.43 bits per heavy atom. The van der Waals surface area contributed by atoms with E-state index in [9.17, 15) is 0 Å². The maximum absolute atomic E-state index is 4.95. The first-order valence-electron chi connectivity index (χ1n) is 10.7. The largest absolute Gasteiger partial charge is 0.412 e. The number of hydrogen-bond donors (Lipinski definition) is 1. The molecule has 1 unspecified atom stereocenters. The van der Waals surface area contributed by atoms with Crippen molar-refractivity contribution in [1.82, 2.24) is 24.9 Å². The van der Waals surface area contributed by atoms with Crippen LogP contribution in [0.15, 0.2) is 6.07 Å². The van der Waals surface area contributed by atoms with Crippen LogP contribution in [-0.2, 0) is 0 Å². The van der Waals surface area contributed by atoms with Gasteiger partial charge in [-0.25, -0.2) is 0 Å². The van der Waals surface area contributed by atoms with Gasteiger partial charge < -0.3 is 20.6 Å². The third-order valence-corrected chi connectivity index (χ3v) is 6.05. The van der Waals surface area contributed by atoms with Crippen molar-refractivity contribution >= 4 is 42.2 Å². The number of fused-ring (bicyclic) bond motifs is 1. The summed E-state index contributed by atoms with van der Waals surface area (Å²) in [6, 6.07) is 2.68. The van der Waals surface area contributed by atoms with E-state index in [0.29, 0.717) is 12.0 Å². The summed E-state index contributed by atoms with van der Waals surface area (Å²) in [6.45, 7) is 11.5. The minimum atomic E-state index is 0. The van der Waals surface area contributed by atoms with E-state index in [-0.39, 0.29) is 30.3 Å². The van der Waals surface area contributed by atoms with Crippen LogP contribution in [0.3, 0.4) is 0 Å². The van der Waals surface area contributed by atoms with Crippen molar-refractivity contribution < 1.29 is 5.48 Å². The predicted molar refractivity (Wildman–Crippen MR) is 128 cm³/mol. The van der Waals surface area contributed by atoms with Crippen LogP contribution in [0.5, 0.6) is 0 Å². The second-order valence-corrected chi connectivity index (χ2v) is 7.96. The average Bonchev–Trinajstić information content (AvgIpc) is 3.13. The van der Waals surface area contributed by atoms with Crippen molar-refractivity contribution in [2.24, 2.45) is 0 Å². The van der Waals surface area contributed by atoms with Crippen molar-refractivity contribution in [2.45, 2.75) is 64.8 Å². The number of nitrogens with zero attached hydrogens (tertiary/aromatic N) is 6. The van der Waals surface area contributed by atoms with E-state index >= 15 is 0 Å². The number of anilines is 2. The standard InChI is InChI=1S/C20H33N7.2ClH.H2O/c1-4-25(5-2)17-13-18(26-12-11-21-15(3)14-26)27-20(22-17)23-19(24-27)16-9-7-6-8-10-16;;;/h13,15-16,21H,4-12,14H2,1-3H3;2*1H;1H2. The summed E-state index contributed by atoms with van der Waals surface area (Å²) >= 11 is 0. The fourth-order valence-corrected chi connectivity index (χ4v) is 4.47. The molecule has 2 fully saturated rings. The summed E-state index contributed by atoms with van der Waals surface area (Å²) in [4.78, 5) is 14.5. The number of aromatic nitrogens is 4. The van der Waals surface area contributed by atoms with Gasteiger partial charge >= 0.3 is 0 Å². The molecule has 1 saturated carbocycles. The lowest BCUT2D eigenvalue weighted by Crippen LogP contribution is -2.50. The van der Waals surface area contributed by atoms with Crippen molar-refractivity contribution in [3.05, 3.63) is 11.9 Å². The van der Waals surface area contributed by atoms with E-state index in [1.165, 1.54) is 32.1 Å². The van der Waals surface area contributed by atoms with Gasteiger partial charge in [-0.05, 0) is 33.6 Å². The number of rotatable bonds is 5. The van der Waals surface area contributed by atoms with E-state index in [1.54, 1.807) is 0 Å². The van der Waals surface area contributed by atoms with Gasteiger partial charge in [0.05, 0.1) is 0 Å². The van der Waals surface area contributed by atoms with Gasteiger partial charge in [-0.3, -0.25) is 0 Å². The van der Waals surface area contributed by atoms with Gasteiger partial charge in [-0.1, -0.05) is 19.3 Å². The summed E-state index contributed by atoms with van der Waals surface area (Å²) in [5.74, 6) is 4.37. The van der Waals surface area contributed by atoms with E-state index in [2.05, 4.69) is 42.0 Å². The number of hydrogen-bond acceptors (Lipinski definition) is 6. The lowest BCUT2D eigenvalue weighted by Gasteiger charge is -2.34. The molecule has 0 bridgehead atoms. The molecule has 3 heterocycles. The third kappa shape index (κ3) is 5.46. The molecule has 8 nitrogen and oxygen atoms in total. The molecule has 1 saturated heterocycles. The fraction of sp³-hybridized carbons (Fsp3) is 0.750. The topological polar surface area (TPSA) is 93.1 Å². The van der Waals surface area contributed by atoms with Crippen LogP contribution in [0.25, 0.3) is 5.78 Å². The van der Waals surface area contributed by atoms with Crippen LogP contribution < -0.4 is 15.1 Å². The van der Waals surface area contributed by atoms with Gasteiger partial charge in [-0.15, -0.1) is 29.9 Å². The van der Waals surface area contributed by atoms with Crippen LogP contribution in [-0.4, -0.2) is 63.8 Å². The summed E-state index contributed by atoms with van der Waals surface area (Å²) in [5, 5.41) is 8.48. The molecule has 1 atom stereocenters. The molecule has 2 aromatic rings. The molecule has 172 valence electrons. The first kappa shape index (κ1) is 26.7. The van der Waals surface area contributed by atoms with Gasteiger partial charge in [0.15, 0.2) is 5.82 Å². The SMILES string of the molecule is CCN(CC)c1cc(N2CCNC(C)C2)n2nc(C3CCCCC3)nc2n1.Cl.Cl.O. The number of halogens is 2. The normalized spacial score (nSPS) is 19.6. The quantitative estimate of drug-likeness (QED) is 0.735. The van der Waals surface area contributed by atoms with Crippen LogP contribution in [0.1, 0.15) is 64.6 Å². The van der Waals surface area contributed by atoms with E-state index < -0.39 is 0 Å². The van der Waals surface area contributed by atoms with Crippen LogP contribution in [0.2, 0.25) is 0 Å². The van der Waals surface area contributed by atoms with Crippen molar-refractivity contribution in [2.75, 3.05) is 42.5 Å². The average molecular weight is 462 g/mol. The zero-order valence-corrected chi connectivity index (χ0v) is 19.9. The molecule has 0 aromatic carbocycles. The summed E-state index contributed by atoms with van der Waals surface area (Å²) in [5.41, 5.74) is 0. The minimum Gasteiger partial charge on any atom is -0.412 e. The zero-order valence-electron chi connectivity index (χ0n) is 18.3. The fourth-order valence-electron chi connectivity index (χ4n) is 4.47. The second-order valence-electron chi connectivity index (χ2n) is 7.96. The molecule has 1 aliphatic heterocycles. The Morgan fingerprint density at radius 2 is 1.80 bits per heavy atom. The maximum Gasteiger partial charge on any atom is 0.256 e. The van der Waals surface area contributed by atoms with Crippen molar-refractivity contribution in [3.63, 3.8) is 0 Å². The van der Waals surface area contributed by atoms with Gasteiger partial charge in [0, 0.05) is 50.7 Å². The van der Waals surface area contributed by atoms with Crippen LogP contribution >= 0.6 is 24.8 Å². The van der Waals surface area contributed by atoms with Crippen molar-refractivity contribution in [1.29, 1.82) is 0 Å². The second kappa shape index (κ2) is 11.9. The Bertz CT molecular complexity index is 778. The van der Waals surface area contributed by atoms with Crippen LogP contribution in [0, 0.1) is 0 Å². The molecule has 4 rings (SSSR count). The highest BCUT2D eigenvalue weighted by atomic mass is 35.5. The number of nitrogens with one attached hydrogen (secondary N) is 1. The number of piperazine rings is 1. The lowest BCUT2D eigenvalue weighted by molar-refractivity contribution is 0.428. The lowest BCUT2D eigenvalue weighted by atomic mass is 9.89. The van der Waals surface area contributed by atoms with Gasteiger partial charge in [-0.2, -0.15) is 14.5 Å². The highest BCUT2D eigenvalue weighted by Gasteiger charge is 2.25. The maximum atomic E-state index is 4.95. The first-order valence-corrected chi connectivity index (χ1v) is 10.7. The highest BCUT2D eigenvalue weighted by molar-refractivity contribution is 5.85. The Balaban J connectivity index is 0.00000150. The molecule has 0 spiro atoms. The Hall–Kier alpha value is -1.35. The third-order valence-electron chi connectivity index (χ3n) is 6.05. The summed E-state index contributed by atoms with van der Waals surface area (Å²) in [6.07, 6.45) is 6.35. The van der Waals surface area contributed by atoms with Gasteiger partial charge in [0.25, 0.3) is 5.78 Å². The molecular formula is C20H37Cl2N7O. The van der Waals surface area contributed by atoms with Crippen molar-refractivity contribution in [3.8, 4) is 0 Å². The molecule has 30 heavy (non-hydrogen) atoms. The molecular weight excluding hydrogens is 425 g/mol. The van der Waals surface area contributed by atoms with E-state index in [0.717, 1.165) is 56.0 Å². The summed E-state index contributed by atoms with van der Waals surface area (Å²) < 4.78 is 2.00. The molecule has 0 amide bonds. The predicted octanol–water partition coefficient (Wildman–Crippen LogP) is 2.84. The zero-order chi connectivity index (χ0) is 18.8. The Labute approximate surface area is 191 Å². The molecule has 1 aliphatic carbocycles. The highest BCUT2D eigenvalue weighted by Crippen LogP contribution is 2.32. The monoisotopic (exact) mass is 461 g/mol. The first-order chi connectivity index (χ1) is 13.2. The smallest absolute Gasteiger partial charge is 0.256 e. The van der Waals surface area contributed by atoms with E-state index in [4.69, 9.17) is 15.1 Å². The molecule has 0 radical (unpaired) electrons.